The standard InChI is InChI=1S/C14H6F4/c15-11-2-1-7-3-8-5-12(16)13(17)6-9(8)4-10(7)14(11)18/h1-6H. The van der Waals surface area contributed by atoms with Crippen LogP contribution in [0.5, 0.6) is 0 Å². The van der Waals surface area contributed by atoms with Crippen LogP contribution in [0, 0.1) is 23.3 Å². The minimum Gasteiger partial charge on any atom is -0.204 e. The number of halogens is 4. The quantitative estimate of drug-likeness (QED) is 0.405. The largest absolute Gasteiger partial charge is 0.204 e. The summed E-state index contributed by atoms with van der Waals surface area (Å²) in [5.41, 5.74) is 0. The summed E-state index contributed by atoms with van der Waals surface area (Å²) in [6.45, 7) is 0. The number of hydrogen-bond donors (Lipinski definition) is 0. The van der Waals surface area contributed by atoms with Gasteiger partial charge in [0.2, 0.25) is 0 Å². The van der Waals surface area contributed by atoms with Gasteiger partial charge in [0.25, 0.3) is 0 Å². The summed E-state index contributed by atoms with van der Waals surface area (Å²) in [6.07, 6.45) is 0. The Morgan fingerprint density at radius 2 is 1.17 bits per heavy atom. The Hall–Kier alpha value is -2.10. The van der Waals surface area contributed by atoms with Crippen molar-refractivity contribution in [2.75, 3.05) is 0 Å². The molecule has 0 saturated carbocycles. The third-order valence-corrected chi connectivity index (χ3v) is 2.90. The summed E-state index contributed by atoms with van der Waals surface area (Å²) in [5, 5.41) is 1.25. The molecule has 0 heterocycles. The van der Waals surface area contributed by atoms with E-state index in [1.807, 2.05) is 0 Å². The van der Waals surface area contributed by atoms with Crippen molar-refractivity contribution in [2.24, 2.45) is 0 Å². The number of fused-ring (bicyclic) bond motifs is 2. The molecule has 0 N–H and O–H groups in total. The first kappa shape index (κ1) is 11.0. The highest BCUT2D eigenvalue weighted by molar-refractivity contribution is 5.98. The van der Waals surface area contributed by atoms with Gasteiger partial charge in [0.1, 0.15) is 0 Å². The van der Waals surface area contributed by atoms with Crippen molar-refractivity contribution in [2.45, 2.75) is 0 Å². The van der Waals surface area contributed by atoms with E-state index in [4.69, 9.17) is 0 Å². The van der Waals surface area contributed by atoms with Gasteiger partial charge >= 0.3 is 0 Å². The lowest BCUT2D eigenvalue weighted by Gasteiger charge is -2.05. The number of benzene rings is 3. The van der Waals surface area contributed by atoms with Crippen LogP contribution in [-0.4, -0.2) is 0 Å². The maximum absolute atomic E-state index is 13.6. The molecule has 4 heteroatoms. The molecule has 0 radical (unpaired) electrons. The summed E-state index contributed by atoms with van der Waals surface area (Å²) >= 11 is 0. The Kier molecular flexibility index (Phi) is 2.26. The summed E-state index contributed by atoms with van der Waals surface area (Å²) in [7, 11) is 0. The average molecular weight is 250 g/mol. The van der Waals surface area contributed by atoms with Crippen LogP contribution in [0.2, 0.25) is 0 Å². The zero-order chi connectivity index (χ0) is 12.9. The molecule has 0 amide bonds. The highest BCUT2D eigenvalue weighted by atomic mass is 19.2. The van der Waals surface area contributed by atoms with E-state index in [-0.39, 0.29) is 5.39 Å². The molecule has 18 heavy (non-hydrogen) atoms. The lowest BCUT2D eigenvalue weighted by atomic mass is 10.0. The third kappa shape index (κ3) is 1.53. The van der Waals surface area contributed by atoms with Crippen molar-refractivity contribution in [3.05, 3.63) is 59.7 Å². The van der Waals surface area contributed by atoms with Crippen molar-refractivity contribution in [3.8, 4) is 0 Å². The Bertz CT molecular complexity index is 777. The van der Waals surface area contributed by atoms with Gasteiger partial charge in [-0.25, -0.2) is 17.6 Å². The predicted octanol–water partition coefficient (Wildman–Crippen LogP) is 4.55. The maximum atomic E-state index is 13.6. The Balaban J connectivity index is 2.47. The topological polar surface area (TPSA) is 0 Å². The lowest BCUT2D eigenvalue weighted by molar-refractivity contribution is 0.511. The van der Waals surface area contributed by atoms with E-state index in [0.717, 1.165) is 18.2 Å². The van der Waals surface area contributed by atoms with E-state index >= 15 is 0 Å². The summed E-state index contributed by atoms with van der Waals surface area (Å²) < 4.78 is 52.8. The lowest BCUT2D eigenvalue weighted by Crippen LogP contribution is -1.88. The van der Waals surface area contributed by atoms with E-state index in [1.165, 1.54) is 18.2 Å². The Labute approximate surface area is 99.5 Å². The van der Waals surface area contributed by atoms with Gasteiger partial charge in [-0.2, -0.15) is 0 Å². The van der Waals surface area contributed by atoms with Gasteiger partial charge in [0, 0.05) is 5.39 Å². The van der Waals surface area contributed by atoms with Gasteiger partial charge in [-0.1, -0.05) is 6.07 Å². The molecule has 0 spiro atoms. The molecule has 0 aromatic heterocycles. The fraction of sp³-hybridized carbons (Fsp3) is 0. The van der Waals surface area contributed by atoms with Gasteiger partial charge in [0.15, 0.2) is 23.3 Å². The fourth-order valence-electron chi connectivity index (χ4n) is 2.00. The second kappa shape index (κ2) is 3.70. The van der Waals surface area contributed by atoms with Crippen LogP contribution in [-0.2, 0) is 0 Å². The van der Waals surface area contributed by atoms with E-state index < -0.39 is 23.3 Å². The first-order valence-electron chi connectivity index (χ1n) is 5.23. The van der Waals surface area contributed by atoms with Crippen molar-refractivity contribution in [3.63, 3.8) is 0 Å². The van der Waals surface area contributed by atoms with Gasteiger partial charge in [-0.05, 0) is 46.5 Å². The molecule has 90 valence electrons. The van der Waals surface area contributed by atoms with Gasteiger partial charge in [-0.3, -0.25) is 0 Å². The third-order valence-electron chi connectivity index (χ3n) is 2.90. The molecule has 0 aliphatic carbocycles. The smallest absolute Gasteiger partial charge is 0.166 e. The summed E-state index contributed by atoms with van der Waals surface area (Å²) in [4.78, 5) is 0. The normalized spacial score (nSPS) is 11.3. The first-order valence-corrected chi connectivity index (χ1v) is 5.23. The number of hydrogen-bond acceptors (Lipinski definition) is 0. The fourth-order valence-corrected chi connectivity index (χ4v) is 2.00. The molecule has 0 saturated heterocycles. The summed E-state index contributed by atoms with van der Waals surface area (Å²) in [6, 6.07) is 7.21. The van der Waals surface area contributed by atoms with E-state index in [9.17, 15) is 17.6 Å². The minimum atomic E-state index is -1.02. The first-order chi connectivity index (χ1) is 8.56. The van der Waals surface area contributed by atoms with Gasteiger partial charge in [0.05, 0.1) is 0 Å². The molecule has 3 aromatic rings. The van der Waals surface area contributed by atoms with Crippen LogP contribution in [0.4, 0.5) is 17.6 Å². The monoisotopic (exact) mass is 250 g/mol. The van der Waals surface area contributed by atoms with Crippen molar-refractivity contribution < 1.29 is 17.6 Å². The van der Waals surface area contributed by atoms with E-state index in [1.54, 1.807) is 0 Å². The van der Waals surface area contributed by atoms with Crippen LogP contribution < -0.4 is 0 Å². The second-order valence-electron chi connectivity index (χ2n) is 4.05. The molecule has 3 rings (SSSR count). The van der Waals surface area contributed by atoms with Crippen LogP contribution in [0.3, 0.4) is 0 Å². The Morgan fingerprint density at radius 3 is 1.83 bits per heavy atom. The molecule has 0 fully saturated rings. The highest BCUT2D eigenvalue weighted by Crippen LogP contribution is 2.27. The average Bonchev–Trinajstić information content (AvgIpc) is 2.34. The zero-order valence-electron chi connectivity index (χ0n) is 8.98. The van der Waals surface area contributed by atoms with E-state index in [0.29, 0.717) is 16.2 Å². The zero-order valence-corrected chi connectivity index (χ0v) is 8.98. The molecule has 0 nitrogen and oxygen atoms in total. The molecule has 0 bridgehead atoms. The molecule has 0 aliphatic rings. The van der Waals surface area contributed by atoms with Crippen molar-refractivity contribution in [1.82, 2.24) is 0 Å². The summed E-state index contributed by atoms with van der Waals surface area (Å²) in [5.74, 6) is -3.94. The van der Waals surface area contributed by atoms with E-state index in [2.05, 4.69) is 0 Å². The molecule has 0 unspecified atom stereocenters. The van der Waals surface area contributed by atoms with Gasteiger partial charge < -0.3 is 0 Å². The highest BCUT2D eigenvalue weighted by Gasteiger charge is 2.10. The van der Waals surface area contributed by atoms with Crippen LogP contribution >= 0.6 is 0 Å². The Morgan fingerprint density at radius 1 is 0.556 bits per heavy atom. The SMILES string of the molecule is Fc1cc2cc3ccc(F)c(F)c3cc2cc1F. The molecule has 0 aliphatic heterocycles. The van der Waals surface area contributed by atoms with Crippen LogP contribution in [0.25, 0.3) is 21.5 Å². The molecule has 0 atom stereocenters. The van der Waals surface area contributed by atoms with Gasteiger partial charge in [-0.15, -0.1) is 0 Å². The van der Waals surface area contributed by atoms with Crippen molar-refractivity contribution in [1.29, 1.82) is 0 Å². The number of rotatable bonds is 0. The molecular weight excluding hydrogens is 244 g/mol. The van der Waals surface area contributed by atoms with Crippen molar-refractivity contribution >= 4 is 21.5 Å². The maximum Gasteiger partial charge on any atom is 0.166 e. The van der Waals surface area contributed by atoms with Crippen LogP contribution in [0.15, 0.2) is 36.4 Å². The predicted molar refractivity (Wildman–Crippen MR) is 61.3 cm³/mol. The second-order valence-corrected chi connectivity index (χ2v) is 4.05. The molecular formula is C14H6F4. The minimum absolute atomic E-state index is 0.0495. The molecule has 3 aromatic carbocycles. The van der Waals surface area contributed by atoms with Crippen LogP contribution in [0.1, 0.15) is 0 Å².